The van der Waals surface area contributed by atoms with Crippen LogP contribution in [-0.2, 0) is 6.54 Å². The molecule has 0 bridgehead atoms. The Morgan fingerprint density at radius 2 is 1.79 bits per heavy atom. The SMILES string of the molecule is NCCCN(Cc1ncccn1)C1CCCCCC1. The van der Waals surface area contributed by atoms with Gasteiger partial charge in [0.2, 0.25) is 0 Å². The molecule has 2 N–H and O–H groups in total. The van der Waals surface area contributed by atoms with Gasteiger partial charge in [0.1, 0.15) is 5.82 Å². The van der Waals surface area contributed by atoms with Gasteiger partial charge in [0.05, 0.1) is 6.54 Å². The molecule has 1 aromatic heterocycles. The van der Waals surface area contributed by atoms with Gasteiger partial charge < -0.3 is 5.73 Å². The summed E-state index contributed by atoms with van der Waals surface area (Å²) in [5.41, 5.74) is 5.67. The quantitative estimate of drug-likeness (QED) is 0.800. The van der Waals surface area contributed by atoms with E-state index >= 15 is 0 Å². The van der Waals surface area contributed by atoms with Crippen molar-refractivity contribution in [3.63, 3.8) is 0 Å². The molecule has 1 fully saturated rings. The highest BCUT2D eigenvalue weighted by molar-refractivity contribution is 4.90. The lowest BCUT2D eigenvalue weighted by Crippen LogP contribution is -2.36. The summed E-state index contributed by atoms with van der Waals surface area (Å²) in [6, 6.07) is 2.57. The first kappa shape index (κ1) is 14.4. The molecule has 2 rings (SSSR count). The monoisotopic (exact) mass is 262 g/mol. The summed E-state index contributed by atoms with van der Waals surface area (Å²) in [4.78, 5) is 11.3. The molecule has 0 amide bonds. The Morgan fingerprint density at radius 1 is 1.11 bits per heavy atom. The van der Waals surface area contributed by atoms with E-state index in [0.717, 1.165) is 31.9 Å². The minimum atomic E-state index is 0.692. The first-order valence-corrected chi connectivity index (χ1v) is 7.60. The number of rotatable bonds is 6. The van der Waals surface area contributed by atoms with E-state index in [9.17, 15) is 0 Å². The Balaban J connectivity index is 1.97. The fourth-order valence-corrected chi connectivity index (χ4v) is 2.90. The lowest BCUT2D eigenvalue weighted by molar-refractivity contribution is 0.165. The van der Waals surface area contributed by atoms with Crippen LogP contribution in [0.4, 0.5) is 0 Å². The maximum absolute atomic E-state index is 5.67. The van der Waals surface area contributed by atoms with Crippen LogP contribution in [-0.4, -0.2) is 34.0 Å². The van der Waals surface area contributed by atoms with E-state index in [-0.39, 0.29) is 0 Å². The van der Waals surface area contributed by atoms with Gasteiger partial charge in [-0.15, -0.1) is 0 Å². The molecule has 106 valence electrons. The van der Waals surface area contributed by atoms with Gasteiger partial charge in [0.15, 0.2) is 0 Å². The average molecular weight is 262 g/mol. The van der Waals surface area contributed by atoms with Crippen molar-refractivity contribution in [3.8, 4) is 0 Å². The topological polar surface area (TPSA) is 55.0 Å². The van der Waals surface area contributed by atoms with Crippen molar-refractivity contribution in [2.75, 3.05) is 13.1 Å². The van der Waals surface area contributed by atoms with E-state index in [0.29, 0.717) is 6.04 Å². The van der Waals surface area contributed by atoms with E-state index in [2.05, 4.69) is 14.9 Å². The molecule has 0 unspecified atom stereocenters. The molecule has 0 aromatic carbocycles. The summed E-state index contributed by atoms with van der Waals surface area (Å²) in [5.74, 6) is 0.934. The Morgan fingerprint density at radius 3 is 2.42 bits per heavy atom. The van der Waals surface area contributed by atoms with Gasteiger partial charge in [-0.2, -0.15) is 0 Å². The Kier molecular flexibility index (Phi) is 6.24. The third kappa shape index (κ3) is 4.88. The van der Waals surface area contributed by atoms with Crippen LogP contribution >= 0.6 is 0 Å². The summed E-state index contributed by atoms with van der Waals surface area (Å²) in [6.07, 6.45) is 12.9. The lowest BCUT2D eigenvalue weighted by Gasteiger charge is -2.30. The molecule has 1 aliphatic carbocycles. The summed E-state index contributed by atoms with van der Waals surface area (Å²) in [6.45, 7) is 2.70. The molecule has 1 aromatic rings. The minimum absolute atomic E-state index is 0.692. The van der Waals surface area contributed by atoms with Gasteiger partial charge in [-0.3, -0.25) is 4.90 Å². The number of nitrogens with two attached hydrogens (primary N) is 1. The Hall–Kier alpha value is -1.00. The predicted molar refractivity (Wildman–Crippen MR) is 77.6 cm³/mol. The van der Waals surface area contributed by atoms with Crippen molar-refractivity contribution >= 4 is 0 Å². The second-order valence-corrected chi connectivity index (χ2v) is 5.42. The lowest BCUT2D eigenvalue weighted by atomic mass is 10.1. The molecule has 0 radical (unpaired) electrons. The van der Waals surface area contributed by atoms with Gasteiger partial charge in [0.25, 0.3) is 0 Å². The first-order valence-electron chi connectivity index (χ1n) is 7.60. The summed E-state index contributed by atoms with van der Waals surface area (Å²) in [5, 5.41) is 0. The molecule has 1 heterocycles. The maximum atomic E-state index is 5.67. The number of hydrogen-bond donors (Lipinski definition) is 1. The molecule has 0 saturated heterocycles. The van der Waals surface area contributed by atoms with Crippen molar-refractivity contribution in [3.05, 3.63) is 24.3 Å². The number of aromatic nitrogens is 2. The van der Waals surface area contributed by atoms with Crippen LogP contribution in [0.15, 0.2) is 18.5 Å². The average Bonchev–Trinajstić information content (AvgIpc) is 2.73. The van der Waals surface area contributed by atoms with Crippen molar-refractivity contribution in [2.45, 2.75) is 57.5 Å². The van der Waals surface area contributed by atoms with Gasteiger partial charge in [-0.05, 0) is 31.9 Å². The van der Waals surface area contributed by atoms with Crippen LogP contribution in [0.25, 0.3) is 0 Å². The Labute approximate surface area is 116 Å². The first-order chi connectivity index (χ1) is 9.40. The summed E-state index contributed by atoms with van der Waals surface area (Å²) >= 11 is 0. The van der Waals surface area contributed by atoms with Crippen LogP contribution in [0.5, 0.6) is 0 Å². The van der Waals surface area contributed by atoms with E-state index in [1.165, 1.54) is 38.5 Å². The zero-order valence-corrected chi connectivity index (χ0v) is 11.8. The van der Waals surface area contributed by atoms with E-state index in [1.807, 2.05) is 18.5 Å². The molecule has 19 heavy (non-hydrogen) atoms. The van der Waals surface area contributed by atoms with Crippen molar-refractivity contribution in [1.82, 2.24) is 14.9 Å². The molecule has 4 nitrogen and oxygen atoms in total. The highest BCUT2D eigenvalue weighted by Crippen LogP contribution is 2.23. The van der Waals surface area contributed by atoms with Gasteiger partial charge in [0, 0.05) is 25.0 Å². The second kappa shape index (κ2) is 8.23. The zero-order chi connectivity index (χ0) is 13.3. The number of nitrogens with zero attached hydrogens (tertiary/aromatic N) is 3. The summed E-state index contributed by atoms with van der Waals surface area (Å²) < 4.78 is 0. The predicted octanol–water partition coefficient (Wildman–Crippen LogP) is 2.35. The summed E-state index contributed by atoms with van der Waals surface area (Å²) in [7, 11) is 0. The zero-order valence-electron chi connectivity index (χ0n) is 11.8. The molecule has 0 atom stereocenters. The third-order valence-electron chi connectivity index (χ3n) is 3.95. The van der Waals surface area contributed by atoms with Crippen LogP contribution in [0.2, 0.25) is 0 Å². The standard InChI is InChI=1S/C15H26N4/c16-9-5-12-19(13-15-17-10-6-11-18-15)14-7-3-1-2-4-8-14/h6,10-11,14H,1-5,7-9,12-13,16H2. The molecular weight excluding hydrogens is 236 g/mol. The van der Waals surface area contributed by atoms with E-state index in [1.54, 1.807) is 0 Å². The van der Waals surface area contributed by atoms with Gasteiger partial charge in [-0.25, -0.2) is 9.97 Å². The minimum Gasteiger partial charge on any atom is -0.330 e. The normalized spacial score (nSPS) is 17.6. The van der Waals surface area contributed by atoms with Gasteiger partial charge >= 0.3 is 0 Å². The fourth-order valence-electron chi connectivity index (χ4n) is 2.90. The highest BCUT2D eigenvalue weighted by atomic mass is 15.2. The third-order valence-corrected chi connectivity index (χ3v) is 3.95. The second-order valence-electron chi connectivity index (χ2n) is 5.42. The van der Waals surface area contributed by atoms with Gasteiger partial charge in [-0.1, -0.05) is 25.7 Å². The molecule has 1 saturated carbocycles. The Bertz CT molecular complexity index is 333. The van der Waals surface area contributed by atoms with Crippen molar-refractivity contribution < 1.29 is 0 Å². The largest absolute Gasteiger partial charge is 0.330 e. The molecule has 0 aliphatic heterocycles. The van der Waals surface area contributed by atoms with Crippen LogP contribution in [0.3, 0.4) is 0 Å². The van der Waals surface area contributed by atoms with Crippen molar-refractivity contribution in [1.29, 1.82) is 0 Å². The highest BCUT2D eigenvalue weighted by Gasteiger charge is 2.20. The van der Waals surface area contributed by atoms with Crippen LogP contribution in [0.1, 0.15) is 50.8 Å². The molecule has 1 aliphatic rings. The maximum Gasteiger partial charge on any atom is 0.142 e. The van der Waals surface area contributed by atoms with E-state index in [4.69, 9.17) is 5.73 Å². The number of hydrogen-bond acceptors (Lipinski definition) is 4. The van der Waals surface area contributed by atoms with Crippen LogP contribution in [0, 0.1) is 0 Å². The van der Waals surface area contributed by atoms with Crippen LogP contribution < -0.4 is 5.73 Å². The van der Waals surface area contributed by atoms with Crippen molar-refractivity contribution in [2.24, 2.45) is 5.73 Å². The molecule has 0 spiro atoms. The fraction of sp³-hybridized carbons (Fsp3) is 0.733. The van der Waals surface area contributed by atoms with E-state index < -0.39 is 0 Å². The molecule has 4 heteroatoms. The smallest absolute Gasteiger partial charge is 0.142 e. The molecular formula is C15H26N4.